The first-order valence-electron chi connectivity index (χ1n) is 7.50. The van der Waals surface area contributed by atoms with E-state index in [9.17, 15) is 18.0 Å². The Balaban J connectivity index is 1.96. The molecular weight excluding hydrogens is 428 g/mol. The summed E-state index contributed by atoms with van der Waals surface area (Å²) in [6.07, 6.45) is 0. The molecular formula is C15H15BrN4O5S. The molecule has 0 aliphatic rings. The molecule has 9 nitrogen and oxygen atoms in total. The molecule has 0 radical (unpaired) electrons. The van der Waals surface area contributed by atoms with E-state index in [1.807, 2.05) is 0 Å². The third-order valence-corrected chi connectivity index (χ3v) is 5.56. The monoisotopic (exact) mass is 442 g/mol. The second kappa shape index (κ2) is 6.72. The molecule has 11 heteroatoms. The zero-order chi connectivity index (χ0) is 19.1. The van der Waals surface area contributed by atoms with Gasteiger partial charge in [0, 0.05) is 20.6 Å². The van der Waals surface area contributed by atoms with Gasteiger partial charge in [0.05, 0.1) is 0 Å². The van der Waals surface area contributed by atoms with Gasteiger partial charge in [0.2, 0.25) is 0 Å². The van der Waals surface area contributed by atoms with Crippen LogP contribution >= 0.6 is 15.9 Å². The van der Waals surface area contributed by atoms with Crippen LogP contribution in [0.25, 0.3) is 11.2 Å². The van der Waals surface area contributed by atoms with Crippen molar-refractivity contribution in [3.8, 4) is 5.75 Å². The van der Waals surface area contributed by atoms with Gasteiger partial charge in [-0.25, -0.2) is 9.78 Å². The normalized spacial score (nSPS) is 11.8. The van der Waals surface area contributed by atoms with Crippen LogP contribution in [0, 0.1) is 0 Å². The largest absolute Gasteiger partial charge is 0.382 e. The molecule has 0 saturated heterocycles. The van der Waals surface area contributed by atoms with Gasteiger partial charge in [-0.15, -0.1) is 0 Å². The Labute approximate surface area is 156 Å². The van der Waals surface area contributed by atoms with Gasteiger partial charge in [-0.1, -0.05) is 18.2 Å². The minimum Gasteiger partial charge on any atom is -0.382 e. The quantitative estimate of drug-likeness (QED) is 0.423. The van der Waals surface area contributed by atoms with Crippen molar-refractivity contribution in [2.75, 3.05) is 5.75 Å². The van der Waals surface area contributed by atoms with Crippen LogP contribution in [0.1, 0.15) is 0 Å². The van der Waals surface area contributed by atoms with Gasteiger partial charge in [-0.2, -0.15) is 8.42 Å². The molecule has 0 N–H and O–H groups in total. The number of aromatic nitrogens is 4. The number of hydrogen-bond donors (Lipinski definition) is 0. The number of halogens is 1. The van der Waals surface area contributed by atoms with Crippen LogP contribution in [-0.4, -0.2) is 32.9 Å². The molecule has 0 bridgehead atoms. The highest BCUT2D eigenvalue weighted by atomic mass is 79.9. The molecule has 2 aromatic heterocycles. The lowest BCUT2D eigenvalue weighted by atomic mass is 10.3. The van der Waals surface area contributed by atoms with Crippen molar-refractivity contribution in [3.05, 3.63) is 55.9 Å². The van der Waals surface area contributed by atoms with Gasteiger partial charge >= 0.3 is 15.8 Å². The predicted molar refractivity (Wildman–Crippen MR) is 98.8 cm³/mol. The standard InChI is InChI=1S/C15H15BrN4O5S/c1-18-12-11(13(21)19(2)15(18)22)17-14(16)20(12)8-9-26(23,24)25-10-6-4-3-5-7-10/h3-7H,8-9H2,1-2H3. The average molecular weight is 443 g/mol. The van der Waals surface area contributed by atoms with Crippen LogP contribution in [0.5, 0.6) is 5.75 Å². The van der Waals surface area contributed by atoms with Crippen LogP contribution in [-0.2, 0) is 30.8 Å². The van der Waals surface area contributed by atoms with Gasteiger partial charge in [0.1, 0.15) is 11.5 Å². The Kier molecular flexibility index (Phi) is 4.76. The Hall–Kier alpha value is -2.40. The zero-order valence-electron chi connectivity index (χ0n) is 13.9. The molecule has 26 heavy (non-hydrogen) atoms. The Morgan fingerprint density at radius 1 is 1.12 bits per heavy atom. The molecule has 138 valence electrons. The first-order chi connectivity index (χ1) is 12.2. The smallest absolute Gasteiger partial charge is 0.332 e. The fourth-order valence-corrected chi connectivity index (χ4v) is 3.94. The van der Waals surface area contributed by atoms with E-state index in [1.54, 1.807) is 18.2 Å². The van der Waals surface area contributed by atoms with Gasteiger partial charge in [0.25, 0.3) is 5.56 Å². The summed E-state index contributed by atoms with van der Waals surface area (Å²) in [5.41, 5.74) is -0.770. The summed E-state index contributed by atoms with van der Waals surface area (Å²) >= 11 is 3.21. The molecule has 0 fully saturated rings. The fourth-order valence-electron chi connectivity index (χ4n) is 2.53. The van der Waals surface area contributed by atoms with E-state index < -0.39 is 21.4 Å². The van der Waals surface area contributed by atoms with Crippen molar-refractivity contribution in [2.24, 2.45) is 14.1 Å². The molecule has 0 saturated carbocycles. The number of fused-ring (bicyclic) bond motifs is 1. The highest BCUT2D eigenvalue weighted by molar-refractivity contribution is 9.10. The summed E-state index contributed by atoms with van der Waals surface area (Å²) in [5, 5.41) is 0. The Morgan fingerprint density at radius 3 is 2.42 bits per heavy atom. The first kappa shape index (κ1) is 18.4. The maximum absolute atomic E-state index is 12.2. The number of hydrogen-bond acceptors (Lipinski definition) is 6. The zero-order valence-corrected chi connectivity index (χ0v) is 16.3. The molecule has 3 rings (SSSR count). The van der Waals surface area contributed by atoms with Crippen molar-refractivity contribution in [1.82, 2.24) is 18.7 Å². The molecule has 3 aromatic rings. The molecule has 0 amide bonds. The van der Waals surface area contributed by atoms with Crippen molar-refractivity contribution in [2.45, 2.75) is 6.54 Å². The lowest BCUT2D eigenvalue weighted by Crippen LogP contribution is -2.37. The van der Waals surface area contributed by atoms with Gasteiger partial charge < -0.3 is 8.75 Å². The number of para-hydroxylation sites is 1. The summed E-state index contributed by atoms with van der Waals surface area (Å²) in [4.78, 5) is 28.5. The van der Waals surface area contributed by atoms with Crippen molar-refractivity contribution in [3.63, 3.8) is 0 Å². The van der Waals surface area contributed by atoms with Crippen LogP contribution in [0.4, 0.5) is 0 Å². The van der Waals surface area contributed by atoms with E-state index in [1.165, 1.54) is 35.4 Å². The summed E-state index contributed by atoms with van der Waals surface area (Å²) in [6, 6.07) is 8.14. The lowest BCUT2D eigenvalue weighted by Gasteiger charge is -2.10. The molecule has 0 spiro atoms. The molecule has 0 atom stereocenters. The fraction of sp³-hybridized carbons (Fsp3) is 0.267. The summed E-state index contributed by atoms with van der Waals surface area (Å²) in [5.74, 6) is -0.154. The minimum atomic E-state index is -3.88. The first-order valence-corrected chi connectivity index (χ1v) is 9.87. The van der Waals surface area contributed by atoms with Gasteiger partial charge in [-0.3, -0.25) is 13.9 Å². The summed E-state index contributed by atoms with van der Waals surface area (Å²) in [6.45, 7) is -0.0489. The maximum atomic E-state index is 12.2. The van der Waals surface area contributed by atoms with E-state index in [0.717, 1.165) is 4.57 Å². The van der Waals surface area contributed by atoms with E-state index >= 15 is 0 Å². The molecule has 0 unspecified atom stereocenters. The molecule has 0 aliphatic carbocycles. The number of aryl methyl sites for hydroxylation is 2. The number of benzene rings is 1. The second-order valence-corrected chi connectivity index (χ2v) is 7.97. The Morgan fingerprint density at radius 2 is 1.77 bits per heavy atom. The summed E-state index contributed by atoms with van der Waals surface area (Å²) < 4.78 is 33.4. The van der Waals surface area contributed by atoms with Crippen LogP contribution in [0.2, 0.25) is 0 Å². The van der Waals surface area contributed by atoms with E-state index in [0.29, 0.717) is 0 Å². The van der Waals surface area contributed by atoms with Crippen LogP contribution in [0.3, 0.4) is 0 Å². The predicted octanol–water partition coefficient (Wildman–Crippen LogP) is 0.605. The molecule has 0 aliphatic heterocycles. The Bertz CT molecular complexity index is 1190. The second-order valence-electron chi connectivity index (χ2n) is 5.57. The minimum absolute atomic E-state index is 0.0489. The van der Waals surface area contributed by atoms with E-state index in [-0.39, 0.29) is 33.9 Å². The topological polar surface area (TPSA) is 105 Å². The molecule has 1 aromatic carbocycles. The maximum Gasteiger partial charge on any atom is 0.332 e. The number of rotatable bonds is 5. The van der Waals surface area contributed by atoms with Crippen molar-refractivity contribution in [1.29, 1.82) is 0 Å². The number of nitrogens with zero attached hydrogens (tertiary/aromatic N) is 4. The average Bonchev–Trinajstić information content (AvgIpc) is 2.93. The van der Waals surface area contributed by atoms with Crippen LogP contribution < -0.4 is 15.4 Å². The number of imidazole rings is 1. The summed E-state index contributed by atoms with van der Waals surface area (Å²) in [7, 11) is -1.03. The van der Waals surface area contributed by atoms with Gasteiger partial charge in [0.15, 0.2) is 15.9 Å². The third kappa shape index (κ3) is 3.31. The molecule has 2 heterocycles. The lowest BCUT2D eigenvalue weighted by molar-refractivity contribution is 0.481. The van der Waals surface area contributed by atoms with Crippen LogP contribution in [0.15, 0.2) is 44.7 Å². The van der Waals surface area contributed by atoms with Crippen molar-refractivity contribution >= 4 is 37.2 Å². The highest BCUT2D eigenvalue weighted by Gasteiger charge is 2.20. The third-order valence-electron chi connectivity index (χ3n) is 3.82. The SMILES string of the molecule is Cn1c(=O)c2nc(Br)n(CCS(=O)(=O)Oc3ccccc3)c2n(C)c1=O. The van der Waals surface area contributed by atoms with E-state index in [2.05, 4.69) is 20.9 Å². The van der Waals surface area contributed by atoms with E-state index in [4.69, 9.17) is 4.18 Å². The van der Waals surface area contributed by atoms with Gasteiger partial charge in [-0.05, 0) is 28.1 Å². The highest BCUT2D eigenvalue weighted by Crippen LogP contribution is 2.17. The van der Waals surface area contributed by atoms with Crippen molar-refractivity contribution < 1.29 is 12.6 Å².